The Hall–Kier alpha value is -3.26. The lowest BCUT2D eigenvalue weighted by Crippen LogP contribution is -2.56. The number of likely N-dealkylation sites (tertiary alicyclic amines) is 1. The minimum atomic E-state index is -0.753. The molecule has 35 heavy (non-hydrogen) atoms. The molecule has 0 saturated carbocycles. The number of aryl methyl sites for hydroxylation is 1. The number of hydrogen-bond donors (Lipinski definition) is 0. The Kier molecular flexibility index (Phi) is 6.32. The topological polar surface area (TPSA) is 74.6 Å². The van der Waals surface area contributed by atoms with Crippen LogP contribution in [0.25, 0.3) is 11.0 Å². The zero-order chi connectivity index (χ0) is 24.6. The third kappa shape index (κ3) is 4.31. The van der Waals surface area contributed by atoms with Crippen LogP contribution in [0.1, 0.15) is 44.5 Å². The molecule has 4 heterocycles. The molecule has 3 aromatic rings. The highest BCUT2D eigenvalue weighted by atomic mass is 16.2. The smallest absolute Gasteiger partial charge is 0.327 e. The fraction of sp³-hybridized carbons (Fsp3) is 0.481. The van der Waals surface area contributed by atoms with Crippen molar-refractivity contribution in [2.24, 2.45) is 13.0 Å². The van der Waals surface area contributed by atoms with Crippen LogP contribution >= 0.6 is 0 Å². The van der Waals surface area contributed by atoms with Crippen molar-refractivity contribution in [2.45, 2.75) is 51.7 Å². The Morgan fingerprint density at radius 1 is 1.03 bits per heavy atom. The van der Waals surface area contributed by atoms with E-state index >= 15 is 0 Å². The number of carbonyl (C=O) groups excluding carboxylic acids is 2. The number of hydrogen-bond acceptors (Lipinski definition) is 5. The molecular weight excluding hydrogens is 440 g/mol. The van der Waals surface area contributed by atoms with Crippen molar-refractivity contribution in [3.05, 3.63) is 60.2 Å². The number of nitrogens with zero attached hydrogens (tertiary/aromatic N) is 6. The second kappa shape index (κ2) is 9.41. The van der Waals surface area contributed by atoms with Crippen LogP contribution < -0.4 is 0 Å². The molecule has 2 aliphatic heterocycles. The summed E-state index contributed by atoms with van der Waals surface area (Å²) in [5.41, 5.74) is 2.24. The molecule has 8 nitrogen and oxygen atoms in total. The number of urea groups is 1. The standard InChI is InChI=1S/C27H34N6O2/c1-20(2)10-14-33-26(35)32(18-21-7-6-13-28-17-21)25(34)27(33)11-15-31(16-12-27)19-24-29-22-8-4-5-9-23(22)30(24)3/h4-9,13,17,20H,10-12,14-16,18-19H2,1-3H3. The summed E-state index contributed by atoms with van der Waals surface area (Å²) >= 11 is 0. The van der Waals surface area contributed by atoms with Gasteiger partial charge in [0.25, 0.3) is 5.91 Å². The van der Waals surface area contributed by atoms with Crippen molar-refractivity contribution in [3.63, 3.8) is 0 Å². The first-order valence-electron chi connectivity index (χ1n) is 12.5. The first kappa shape index (κ1) is 23.5. The molecule has 1 spiro atoms. The van der Waals surface area contributed by atoms with Crippen LogP contribution in [0.4, 0.5) is 4.79 Å². The fourth-order valence-electron chi connectivity index (χ4n) is 5.39. The molecule has 0 N–H and O–H groups in total. The lowest BCUT2D eigenvalue weighted by molar-refractivity contribution is -0.136. The molecule has 0 unspecified atom stereocenters. The van der Waals surface area contributed by atoms with E-state index in [1.54, 1.807) is 12.4 Å². The number of piperidine rings is 1. The van der Waals surface area contributed by atoms with E-state index in [0.717, 1.165) is 48.5 Å². The van der Waals surface area contributed by atoms with E-state index in [0.29, 0.717) is 25.3 Å². The maximum absolute atomic E-state index is 13.8. The number of pyridine rings is 1. The van der Waals surface area contributed by atoms with Gasteiger partial charge in [0.1, 0.15) is 11.4 Å². The van der Waals surface area contributed by atoms with E-state index in [1.165, 1.54) is 4.90 Å². The van der Waals surface area contributed by atoms with Gasteiger partial charge in [0.05, 0.1) is 24.1 Å². The molecule has 0 atom stereocenters. The third-order valence-electron chi connectivity index (χ3n) is 7.54. The maximum atomic E-state index is 13.8. The summed E-state index contributed by atoms with van der Waals surface area (Å²) in [5, 5.41) is 0. The molecule has 0 radical (unpaired) electrons. The van der Waals surface area contributed by atoms with E-state index in [4.69, 9.17) is 4.98 Å². The fourth-order valence-corrected chi connectivity index (χ4v) is 5.39. The van der Waals surface area contributed by atoms with Crippen molar-refractivity contribution >= 4 is 23.0 Å². The van der Waals surface area contributed by atoms with Crippen LogP contribution in [0, 0.1) is 5.92 Å². The highest BCUT2D eigenvalue weighted by Gasteiger charge is 2.57. The Bertz CT molecular complexity index is 1210. The molecule has 0 aliphatic carbocycles. The number of amides is 3. The molecule has 2 fully saturated rings. The summed E-state index contributed by atoms with van der Waals surface area (Å²) in [6.45, 7) is 7.42. The second-order valence-electron chi connectivity index (χ2n) is 10.3. The van der Waals surface area contributed by atoms with E-state index in [2.05, 4.69) is 41.4 Å². The van der Waals surface area contributed by atoms with Crippen LogP contribution in [-0.2, 0) is 24.9 Å². The lowest BCUT2D eigenvalue weighted by atomic mass is 9.85. The third-order valence-corrected chi connectivity index (χ3v) is 7.54. The number of benzene rings is 1. The second-order valence-corrected chi connectivity index (χ2v) is 10.3. The number of aromatic nitrogens is 3. The van der Waals surface area contributed by atoms with Gasteiger partial charge in [-0.25, -0.2) is 9.78 Å². The van der Waals surface area contributed by atoms with Crippen molar-refractivity contribution in [1.29, 1.82) is 0 Å². The molecule has 2 aliphatic rings. The Morgan fingerprint density at radius 2 is 1.80 bits per heavy atom. The predicted octanol–water partition coefficient (Wildman–Crippen LogP) is 3.81. The van der Waals surface area contributed by atoms with Crippen molar-refractivity contribution < 1.29 is 9.59 Å². The molecule has 0 bridgehead atoms. The van der Waals surface area contributed by atoms with Gasteiger partial charge in [0.2, 0.25) is 0 Å². The Balaban J connectivity index is 1.34. The molecule has 1 aromatic carbocycles. The summed E-state index contributed by atoms with van der Waals surface area (Å²) in [7, 11) is 2.05. The summed E-state index contributed by atoms with van der Waals surface area (Å²) in [4.78, 5) is 42.0. The van der Waals surface area contributed by atoms with Gasteiger partial charge >= 0.3 is 6.03 Å². The molecule has 2 aromatic heterocycles. The zero-order valence-electron chi connectivity index (χ0n) is 20.9. The normalized spacial score (nSPS) is 18.5. The van der Waals surface area contributed by atoms with Gasteiger partial charge in [0.15, 0.2) is 0 Å². The van der Waals surface area contributed by atoms with E-state index in [1.807, 2.05) is 35.2 Å². The Morgan fingerprint density at radius 3 is 2.49 bits per heavy atom. The van der Waals surface area contributed by atoms with Crippen LogP contribution in [-0.4, -0.2) is 66.3 Å². The highest BCUT2D eigenvalue weighted by molar-refractivity contribution is 6.07. The summed E-state index contributed by atoms with van der Waals surface area (Å²) in [6.07, 6.45) is 5.59. The Labute approximate surface area is 206 Å². The van der Waals surface area contributed by atoms with Gasteiger partial charge in [0, 0.05) is 39.1 Å². The quantitative estimate of drug-likeness (QED) is 0.487. The van der Waals surface area contributed by atoms with Gasteiger partial charge in [-0.3, -0.25) is 19.6 Å². The number of fused-ring (bicyclic) bond motifs is 1. The predicted molar refractivity (Wildman–Crippen MR) is 134 cm³/mol. The number of para-hydroxylation sites is 2. The monoisotopic (exact) mass is 474 g/mol. The van der Waals surface area contributed by atoms with Gasteiger partial charge in [-0.05, 0) is 48.9 Å². The number of rotatable bonds is 7. The molecule has 5 rings (SSSR count). The van der Waals surface area contributed by atoms with Crippen LogP contribution in [0.15, 0.2) is 48.8 Å². The van der Waals surface area contributed by atoms with Crippen molar-refractivity contribution in [2.75, 3.05) is 19.6 Å². The summed E-state index contributed by atoms with van der Waals surface area (Å²) < 4.78 is 2.15. The zero-order valence-corrected chi connectivity index (χ0v) is 20.9. The van der Waals surface area contributed by atoms with Gasteiger partial charge in [-0.1, -0.05) is 32.0 Å². The number of carbonyl (C=O) groups is 2. The van der Waals surface area contributed by atoms with Crippen molar-refractivity contribution in [1.82, 2.24) is 29.2 Å². The summed E-state index contributed by atoms with van der Waals surface area (Å²) in [6, 6.07) is 11.8. The van der Waals surface area contributed by atoms with Gasteiger partial charge in [-0.15, -0.1) is 0 Å². The molecule has 2 saturated heterocycles. The molecule has 184 valence electrons. The van der Waals surface area contributed by atoms with E-state index in [9.17, 15) is 9.59 Å². The van der Waals surface area contributed by atoms with Crippen LogP contribution in [0.2, 0.25) is 0 Å². The summed E-state index contributed by atoms with van der Waals surface area (Å²) in [5.74, 6) is 1.42. The minimum Gasteiger partial charge on any atom is -0.330 e. The average Bonchev–Trinajstić information content (AvgIpc) is 3.27. The number of imidazole rings is 1. The highest BCUT2D eigenvalue weighted by Crippen LogP contribution is 2.38. The minimum absolute atomic E-state index is 0.0579. The van der Waals surface area contributed by atoms with Crippen LogP contribution in [0.3, 0.4) is 0 Å². The molecular formula is C27H34N6O2. The number of imide groups is 1. The van der Waals surface area contributed by atoms with Crippen LogP contribution in [0.5, 0.6) is 0 Å². The van der Waals surface area contributed by atoms with E-state index < -0.39 is 5.54 Å². The van der Waals surface area contributed by atoms with E-state index in [-0.39, 0.29) is 18.5 Å². The van der Waals surface area contributed by atoms with Gasteiger partial charge in [-0.2, -0.15) is 0 Å². The van der Waals surface area contributed by atoms with Crippen molar-refractivity contribution in [3.8, 4) is 0 Å². The molecule has 3 amide bonds. The largest absolute Gasteiger partial charge is 0.330 e. The maximum Gasteiger partial charge on any atom is 0.327 e. The first-order chi connectivity index (χ1) is 16.9. The lowest BCUT2D eigenvalue weighted by Gasteiger charge is -2.42. The average molecular weight is 475 g/mol. The SMILES string of the molecule is CC(C)CCN1C(=O)N(Cc2cccnc2)C(=O)C12CCN(Cc1nc3ccccc3n1C)CC2. The molecule has 8 heteroatoms. The first-order valence-corrected chi connectivity index (χ1v) is 12.5. The van der Waals surface area contributed by atoms with Gasteiger partial charge < -0.3 is 9.47 Å².